The first-order valence-corrected chi connectivity index (χ1v) is 17.4. The molecule has 4 aromatic carbocycles. The van der Waals surface area contributed by atoms with Crippen molar-refractivity contribution in [2.24, 2.45) is 0 Å². The van der Waals surface area contributed by atoms with Gasteiger partial charge in [-0.3, -0.25) is 0 Å². The average Bonchev–Trinajstić information content (AvgIpc) is 3.66. The molecular weight excluding hydrogens is 623 g/mol. The van der Waals surface area contributed by atoms with E-state index in [9.17, 15) is 15.8 Å². The minimum Gasteiger partial charge on any atom is -0.326 e. The largest absolute Gasteiger partial charge is 0.326 e. The summed E-state index contributed by atoms with van der Waals surface area (Å²) in [6.45, 7) is 2.14. The van der Waals surface area contributed by atoms with Gasteiger partial charge in [-0.25, -0.2) is 0 Å². The Kier molecular flexibility index (Phi) is 6.93. The van der Waals surface area contributed by atoms with Gasteiger partial charge in [-0.1, -0.05) is 66.8 Å². The molecule has 2 heterocycles. The van der Waals surface area contributed by atoms with Crippen LogP contribution in [0.3, 0.4) is 0 Å². The number of aromatic nitrogens is 1. The Morgan fingerprint density at radius 3 is 2.29 bits per heavy atom. The third-order valence-corrected chi connectivity index (χ3v) is 11.0. The van der Waals surface area contributed by atoms with Gasteiger partial charge in [-0.15, -0.1) is 0 Å². The van der Waals surface area contributed by atoms with E-state index in [2.05, 4.69) is 132 Å². The predicted molar refractivity (Wildman–Crippen MR) is 201 cm³/mol. The van der Waals surface area contributed by atoms with Crippen molar-refractivity contribution in [3.63, 3.8) is 0 Å². The Bertz CT molecular complexity index is 2520. The van der Waals surface area contributed by atoms with Crippen LogP contribution in [-0.4, -0.2) is 10.6 Å². The minimum atomic E-state index is -0.424. The Balaban J connectivity index is 1.08. The van der Waals surface area contributed by atoms with Crippen LogP contribution < -0.4 is 4.90 Å². The van der Waals surface area contributed by atoms with Gasteiger partial charge in [0.25, 0.3) is 0 Å². The van der Waals surface area contributed by atoms with Crippen molar-refractivity contribution in [2.75, 3.05) is 4.90 Å². The van der Waals surface area contributed by atoms with Crippen LogP contribution in [0.5, 0.6) is 0 Å². The zero-order chi connectivity index (χ0) is 34.7. The van der Waals surface area contributed by atoms with E-state index >= 15 is 0 Å². The maximum atomic E-state index is 10.3. The maximum absolute atomic E-state index is 10.3. The van der Waals surface area contributed by atoms with E-state index in [1.807, 2.05) is 30.4 Å². The molecule has 0 fully saturated rings. The topological polar surface area (TPSA) is 79.5 Å². The molecule has 5 nitrogen and oxygen atoms in total. The number of allylic oxidation sites excluding steroid dienone is 4. The lowest BCUT2D eigenvalue weighted by atomic mass is 9.74. The van der Waals surface area contributed by atoms with Crippen molar-refractivity contribution in [3.8, 4) is 46.1 Å². The molecule has 0 spiro atoms. The van der Waals surface area contributed by atoms with Crippen LogP contribution in [0, 0.1) is 46.1 Å². The van der Waals surface area contributed by atoms with Crippen molar-refractivity contribution in [2.45, 2.75) is 44.1 Å². The monoisotopic (exact) mass is 653 g/mol. The molecule has 0 radical (unpaired) electrons. The summed E-state index contributed by atoms with van der Waals surface area (Å²) < 4.78 is 2.40. The maximum Gasteiger partial charge on any atom is 0.108 e. The van der Waals surface area contributed by atoms with Crippen molar-refractivity contribution in [1.29, 1.82) is 15.8 Å². The second kappa shape index (κ2) is 11.7. The fourth-order valence-corrected chi connectivity index (χ4v) is 8.44. The van der Waals surface area contributed by atoms with Crippen LogP contribution in [0.25, 0.3) is 40.1 Å². The van der Waals surface area contributed by atoms with Gasteiger partial charge < -0.3 is 9.47 Å². The Morgan fingerprint density at radius 1 is 0.784 bits per heavy atom. The van der Waals surface area contributed by atoms with Gasteiger partial charge in [0, 0.05) is 33.6 Å². The lowest BCUT2D eigenvalue weighted by Crippen LogP contribution is -2.39. The van der Waals surface area contributed by atoms with Gasteiger partial charge in [0.05, 0.1) is 35.1 Å². The second-order valence-corrected chi connectivity index (χ2v) is 13.7. The average molecular weight is 654 g/mol. The van der Waals surface area contributed by atoms with Crippen molar-refractivity contribution >= 4 is 23.5 Å². The highest BCUT2D eigenvalue weighted by Gasteiger charge is 2.47. The number of fused-ring (bicyclic) bond motifs is 6. The molecule has 1 aliphatic heterocycles. The quantitative estimate of drug-likeness (QED) is 0.193. The highest BCUT2D eigenvalue weighted by Crippen LogP contribution is 2.51. The van der Waals surface area contributed by atoms with Gasteiger partial charge in [-0.05, 0) is 127 Å². The molecule has 5 heteroatoms. The number of nitrogens with zero attached hydrogens (tertiary/aromatic N) is 5. The second-order valence-electron chi connectivity index (χ2n) is 13.7. The van der Waals surface area contributed by atoms with Gasteiger partial charge in [-0.2, -0.15) is 15.8 Å². The summed E-state index contributed by atoms with van der Waals surface area (Å²) >= 11 is 0. The Morgan fingerprint density at radius 2 is 1.53 bits per heavy atom. The highest BCUT2D eigenvalue weighted by molar-refractivity contribution is 5.84. The molecule has 2 unspecified atom stereocenters. The van der Waals surface area contributed by atoms with Gasteiger partial charge in [0.1, 0.15) is 11.6 Å². The molecule has 0 amide bonds. The van der Waals surface area contributed by atoms with Crippen LogP contribution >= 0.6 is 0 Å². The van der Waals surface area contributed by atoms with Crippen molar-refractivity contribution in [1.82, 2.24) is 4.57 Å². The summed E-state index contributed by atoms with van der Waals surface area (Å²) in [6.07, 6.45) is 19.1. The zero-order valence-corrected chi connectivity index (χ0v) is 28.1. The number of anilines is 2. The van der Waals surface area contributed by atoms with Crippen LogP contribution in [0.2, 0.25) is 0 Å². The third kappa shape index (κ3) is 4.61. The van der Waals surface area contributed by atoms with E-state index in [4.69, 9.17) is 0 Å². The summed E-state index contributed by atoms with van der Waals surface area (Å²) in [5.74, 6) is 0. The molecule has 4 aliphatic rings. The molecule has 5 aromatic rings. The molecule has 2 atom stereocenters. The molecule has 0 bridgehead atoms. The molecule has 3 aliphatic carbocycles. The van der Waals surface area contributed by atoms with E-state index in [1.54, 1.807) is 0 Å². The number of nitriles is 3. The molecule has 0 saturated carbocycles. The first-order chi connectivity index (χ1) is 25.0. The predicted octanol–water partition coefficient (Wildman–Crippen LogP) is 9.87. The summed E-state index contributed by atoms with van der Waals surface area (Å²) in [5, 5.41) is 29.6. The molecule has 1 aromatic heterocycles. The van der Waals surface area contributed by atoms with Crippen LogP contribution in [-0.2, 0) is 18.3 Å². The van der Waals surface area contributed by atoms with Gasteiger partial charge >= 0.3 is 0 Å². The molecule has 0 N–H and O–H groups in total. The number of hydrogen-bond donors (Lipinski definition) is 0. The summed E-state index contributed by atoms with van der Waals surface area (Å²) in [6, 6.07) is 38.0. The first-order valence-electron chi connectivity index (χ1n) is 17.4. The lowest BCUT2D eigenvalue weighted by Gasteiger charge is -2.35. The fraction of sp³-hybridized carbons (Fsp3) is 0.152. The fourth-order valence-electron chi connectivity index (χ4n) is 8.44. The van der Waals surface area contributed by atoms with E-state index in [0.29, 0.717) is 16.7 Å². The summed E-state index contributed by atoms with van der Waals surface area (Å²) in [5.41, 5.74) is 14.6. The van der Waals surface area contributed by atoms with E-state index in [0.717, 1.165) is 70.6 Å². The first kappa shape index (κ1) is 30.3. The summed E-state index contributed by atoms with van der Waals surface area (Å²) in [7, 11) is 0. The number of rotatable bonds is 4. The third-order valence-electron chi connectivity index (χ3n) is 11.0. The normalized spacial score (nSPS) is 19.1. The Hall–Kier alpha value is -6.79. The minimum absolute atomic E-state index is 0.145. The molecule has 0 saturated heterocycles. The van der Waals surface area contributed by atoms with Crippen LogP contribution in [0.1, 0.15) is 59.0 Å². The van der Waals surface area contributed by atoms with E-state index in [1.165, 1.54) is 22.5 Å². The smallest absolute Gasteiger partial charge is 0.108 e. The highest BCUT2D eigenvalue weighted by atomic mass is 15.2. The van der Waals surface area contributed by atoms with Crippen LogP contribution in [0.4, 0.5) is 11.4 Å². The molecule has 51 heavy (non-hydrogen) atoms. The molecule has 240 valence electrons. The summed E-state index contributed by atoms with van der Waals surface area (Å²) in [4.78, 5) is 2.20. The number of hydrogen-bond acceptors (Lipinski definition) is 4. The van der Waals surface area contributed by atoms with Gasteiger partial charge in [0.2, 0.25) is 0 Å². The van der Waals surface area contributed by atoms with Crippen molar-refractivity contribution in [3.05, 3.63) is 160 Å². The van der Waals surface area contributed by atoms with E-state index in [-0.39, 0.29) is 6.04 Å². The zero-order valence-electron chi connectivity index (χ0n) is 28.1. The van der Waals surface area contributed by atoms with Crippen molar-refractivity contribution < 1.29 is 0 Å². The van der Waals surface area contributed by atoms with E-state index < -0.39 is 5.41 Å². The Labute approximate surface area is 298 Å². The standard InChI is InChI=1S/C46H31N5/c1-46-24-23-31(28-48)26-44(46)50(42-22-13-30(27-47)25-39(42)46)36-20-18-33(19-21-36)32-14-16-34(17-15-32)45-35(29-49)7-6-12-43(45)51-40-10-4-2-8-37(40)38-9-3-5-11-41(38)51/h2,5-8,11-12,14-21,23-26,44H,3-4,9-10H2,1H3. The SMILES string of the molecule is CC12C=CC(C#N)=CC1N(c1ccc(-c3ccc(-c4c(C#N)cccc4-n4c5c(c6c4CCC=C6)CCC=C5)cc3)cc1)c1c#cc(C#N)cc12. The molecule has 9 rings (SSSR count). The van der Waals surface area contributed by atoms with Crippen LogP contribution in [0.15, 0.2) is 109 Å². The number of benzene rings is 3. The molecular formula is C46H31N5. The lowest BCUT2D eigenvalue weighted by molar-refractivity contribution is 0.548. The van der Waals surface area contributed by atoms with Gasteiger partial charge in [0.15, 0.2) is 0 Å².